The summed E-state index contributed by atoms with van der Waals surface area (Å²) in [6, 6.07) is 5.04. The van der Waals surface area contributed by atoms with E-state index in [0.29, 0.717) is 11.6 Å². The molecule has 2 amide bonds. The summed E-state index contributed by atoms with van der Waals surface area (Å²) < 4.78 is 0.897. The van der Waals surface area contributed by atoms with Gasteiger partial charge in [-0.3, -0.25) is 0 Å². The number of carbonyl (C=O) groups is 1. The number of likely N-dealkylation sites (N-methyl/N-ethyl adjacent to an activating group) is 1. The first kappa shape index (κ1) is 15.3. The minimum absolute atomic E-state index is 0.0665. The van der Waals surface area contributed by atoms with Crippen LogP contribution in [0.15, 0.2) is 22.7 Å². The van der Waals surface area contributed by atoms with Crippen molar-refractivity contribution in [1.82, 2.24) is 10.2 Å². The van der Waals surface area contributed by atoms with Crippen molar-refractivity contribution in [3.05, 3.63) is 33.3 Å². The summed E-state index contributed by atoms with van der Waals surface area (Å²) in [4.78, 5) is 13.2. The Kier molecular flexibility index (Phi) is 5.91. The third-order valence-corrected chi connectivity index (χ3v) is 3.54. The van der Waals surface area contributed by atoms with E-state index in [-0.39, 0.29) is 18.7 Å². The fourth-order valence-corrected chi connectivity index (χ4v) is 2.02. The fraction of sp³-hybridized carbons (Fsp3) is 0.417. The lowest BCUT2D eigenvalue weighted by atomic mass is 10.2. The number of urea groups is 1. The number of nitrogens with one attached hydrogen (secondary N) is 1. The normalized spacial score (nSPS) is 12.1. The van der Waals surface area contributed by atoms with Gasteiger partial charge in [-0.25, -0.2) is 4.79 Å². The predicted molar refractivity (Wildman–Crippen MR) is 75.7 cm³/mol. The highest BCUT2D eigenvalue weighted by atomic mass is 79.9. The summed E-state index contributed by atoms with van der Waals surface area (Å²) in [7, 11) is 1.64. The third-order valence-electron chi connectivity index (χ3n) is 2.69. The van der Waals surface area contributed by atoms with Gasteiger partial charge in [0.1, 0.15) is 0 Å². The number of carbonyl (C=O) groups excluding carboxylic acids is 1. The number of nitrogens with zero attached hydrogens (tertiary/aromatic N) is 1. The highest BCUT2D eigenvalue weighted by Crippen LogP contribution is 2.21. The molecule has 100 valence electrons. The maximum Gasteiger partial charge on any atom is 0.317 e. The first-order valence-electron chi connectivity index (χ1n) is 5.51. The van der Waals surface area contributed by atoms with Gasteiger partial charge in [-0.2, -0.15) is 0 Å². The molecule has 0 aliphatic heterocycles. The number of amides is 2. The molecule has 4 nitrogen and oxygen atoms in total. The van der Waals surface area contributed by atoms with E-state index in [1.54, 1.807) is 20.0 Å². The molecule has 0 bridgehead atoms. The van der Waals surface area contributed by atoms with Gasteiger partial charge in [-0.05, 0) is 24.6 Å². The Hall–Kier alpha value is -0.780. The van der Waals surface area contributed by atoms with E-state index in [0.717, 1.165) is 10.0 Å². The zero-order chi connectivity index (χ0) is 13.7. The van der Waals surface area contributed by atoms with Crippen LogP contribution in [0.1, 0.15) is 12.5 Å². The Balaban J connectivity index is 2.57. The van der Waals surface area contributed by atoms with Crippen molar-refractivity contribution < 1.29 is 9.90 Å². The van der Waals surface area contributed by atoms with Crippen LogP contribution in [-0.2, 0) is 6.54 Å². The Morgan fingerprint density at radius 1 is 1.61 bits per heavy atom. The summed E-state index contributed by atoms with van der Waals surface area (Å²) in [5.74, 6) is 0. The number of aliphatic hydroxyl groups excluding tert-OH is 1. The molecule has 0 heterocycles. The van der Waals surface area contributed by atoms with E-state index in [1.165, 1.54) is 4.90 Å². The Morgan fingerprint density at radius 2 is 2.28 bits per heavy atom. The van der Waals surface area contributed by atoms with E-state index in [2.05, 4.69) is 21.2 Å². The Labute approximate surface area is 120 Å². The smallest absolute Gasteiger partial charge is 0.317 e. The van der Waals surface area contributed by atoms with Crippen molar-refractivity contribution in [3.63, 3.8) is 0 Å². The second kappa shape index (κ2) is 6.97. The number of benzene rings is 1. The number of aliphatic hydroxyl groups is 1. The van der Waals surface area contributed by atoms with Crippen LogP contribution in [-0.4, -0.2) is 35.7 Å². The molecule has 0 fully saturated rings. The molecule has 0 radical (unpaired) electrons. The summed E-state index contributed by atoms with van der Waals surface area (Å²) in [5.41, 5.74) is 0.846. The van der Waals surface area contributed by atoms with Crippen molar-refractivity contribution in [3.8, 4) is 0 Å². The summed E-state index contributed by atoms with van der Waals surface area (Å²) in [5, 5.41) is 12.3. The summed E-state index contributed by atoms with van der Waals surface area (Å²) in [6.45, 7) is 2.06. The van der Waals surface area contributed by atoms with Gasteiger partial charge in [0.05, 0.1) is 12.6 Å². The molecule has 0 saturated carbocycles. The highest BCUT2D eigenvalue weighted by molar-refractivity contribution is 9.10. The minimum Gasteiger partial charge on any atom is -0.394 e. The van der Waals surface area contributed by atoms with Crippen molar-refractivity contribution in [1.29, 1.82) is 0 Å². The molecule has 6 heteroatoms. The van der Waals surface area contributed by atoms with E-state index in [9.17, 15) is 4.79 Å². The first-order valence-corrected chi connectivity index (χ1v) is 6.68. The zero-order valence-corrected chi connectivity index (χ0v) is 12.6. The lowest BCUT2D eigenvalue weighted by molar-refractivity contribution is 0.157. The van der Waals surface area contributed by atoms with Crippen LogP contribution in [0.5, 0.6) is 0 Å². The molecule has 1 atom stereocenters. The third kappa shape index (κ3) is 4.15. The summed E-state index contributed by atoms with van der Waals surface area (Å²) >= 11 is 9.37. The average molecular weight is 336 g/mol. The van der Waals surface area contributed by atoms with Crippen LogP contribution >= 0.6 is 27.5 Å². The number of hydrogen-bond acceptors (Lipinski definition) is 2. The lowest BCUT2D eigenvalue weighted by Crippen LogP contribution is -2.43. The van der Waals surface area contributed by atoms with Gasteiger partial charge < -0.3 is 15.3 Å². The number of halogens is 2. The van der Waals surface area contributed by atoms with Crippen LogP contribution < -0.4 is 5.32 Å². The highest BCUT2D eigenvalue weighted by Gasteiger charge is 2.14. The molecular weight excluding hydrogens is 320 g/mol. The van der Waals surface area contributed by atoms with Crippen molar-refractivity contribution in [2.45, 2.75) is 19.5 Å². The van der Waals surface area contributed by atoms with Crippen molar-refractivity contribution in [2.75, 3.05) is 13.7 Å². The largest absolute Gasteiger partial charge is 0.394 e. The maximum absolute atomic E-state index is 11.7. The van der Waals surface area contributed by atoms with Gasteiger partial charge in [0.2, 0.25) is 0 Å². The SMILES string of the molecule is CC(CO)N(C)C(=O)NCc1ccc(Br)cc1Cl. The summed E-state index contributed by atoms with van der Waals surface area (Å²) in [6.07, 6.45) is 0. The molecule has 0 saturated heterocycles. The van der Waals surface area contributed by atoms with Crippen LogP contribution in [0.4, 0.5) is 4.79 Å². The molecule has 2 N–H and O–H groups in total. The van der Waals surface area contributed by atoms with Gasteiger partial charge in [0.15, 0.2) is 0 Å². The second-order valence-electron chi connectivity index (χ2n) is 4.04. The Morgan fingerprint density at radius 3 is 2.83 bits per heavy atom. The van der Waals surface area contributed by atoms with E-state index < -0.39 is 0 Å². The number of hydrogen-bond donors (Lipinski definition) is 2. The molecular formula is C12H16BrClN2O2. The predicted octanol–water partition coefficient (Wildman–Crippen LogP) is 2.62. The van der Waals surface area contributed by atoms with Gasteiger partial charge in [-0.1, -0.05) is 33.6 Å². The zero-order valence-electron chi connectivity index (χ0n) is 10.3. The quantitative estimate of drug-likeness (QED) is 0.889. The lowest BCUT2D eigenvalue weighted by Gasteiger charge is -2.23. The molecule has 1 unspecified atom stereocenters. The molecule has 0 aliphatic rings. The van der Waals surface area contributed by atoms with Crippen LogP contribution in [0.3, 0.4) is 0 Å². The fourth-order valence-electron chi connectivity index (χ4n) is 1.28. The molecule has 1 aromatic rings. The molecule has 18 heavy (non-hydrogen) atoms. The molecule has 0 aliphatic carbocycles. The van der Waals surface area contributed by atoms with E-state index in [1.807, 2.05) is 12.1 Å². The van der Waals surface area contributed by atoms with Gasteiger partial charge >= 0.3 is 6.03 Å². The van der Waals surface area contributed by atoms with Crippen LogP contribution in [0.25, 0.3) is 0 Å². The Bertz CT molecular complexity index is 429. The van der Waals surface area contributed by atoms with Crippen LogP contribution in [0, 0.1) is 0 Å². The molecule has 0 spiro atoms. The van der Waals surface area contributed by atoms with Crippen molar-refractivity contribution >= 4 is 33.6 Å². The maximum atomic E-state index is 11.7. The van der Waals surface area contributed by atoms with E-state index >= 15 is 0 Å². The number of rotatable bonds is 4. The van der Waals surface area contributed by atoms with Crippen molar-refractivity contribution in [2.24, 2.45) is 0 Å². The van der Waals surface area contributed by atoms with E-state index in [4.69, 9.17) is 16.7 Å². The topological polar surface area (TPSA) is 52.6 Å². The average Bonchev–Trinajstić information content (AvgIpc) is 2.35. The van der Waals surface area contributed by atoms with Gasteiger partial charge in [0.25, 0.3) is 0 Å². The molecule has 1 aromatic carbocycles. The van der Waals surface area contributed by atoms with Gasteiger partial charge in [-0.15, -0.1) is 0 Å². The molecule has 0 aromatic heterocycles. The first-order chi connectivity index (χ1) is 8.45. The monoisotopic (exact) mass is 334 g/mol. The molecule has 1 rings (SSSR count). The second-order valence-corrected chi connectivity index (χ2v) is 5.36. The standard InChI is InChI=1S/C12H16BrClN2O2/c1-8(7-17)16(2)12(18)15-6-9-3-4-10(13)5-11(9)14/h3-5,8,17H,6-7H2,1-2H3,(H,15,18). The van der Waals surface area contributed by atoms with Gasteiger partial charge in [0, 0.05) is 23.1 Å². The minimum atomic E-state index is -0.240. The van der Waals surface area contributed by atoms with Crippen LogP contribution in [0.2, 0.25) is 5.02 Å².